The number of methoxy groups -OCH3 is 1. The van der Waals surface area contributed by atoms with Crippen LogP contribution in [0.2, 0.25) is 0 Å². The molecule has 2 N–H and O–H groups in total. The zero-order valence-electron chi connectivity index (χ0n) is 8.32. The predicted molar refractivity (Wildman–Crippen MR) is 50.3 cm³/mol. The quantitative estimate of drug-likeness (QED) is 0.655. The third kappa shape index (κ3) is 2.34. The monoisotopic (exact) mass is 186 g/mol. The fourth-order valence-corrected chi connectivity index (χ4v) is 1.84. The van der Waals surface area contributed by atoms with Crippen LogP contribution < -0.4 is 5.73 Å². The van der Waals surface area contributed by atoms with Gasteiger partial charge < -0.3 is 15.4 Å². The van der Waals surface area contributed by atoms with Gasteiger partial charge in [-0.3, -0.25) is 0 Å². The lowest BCUT2D eigenvalue weighted by atomic mass is 9.87. The van der Waals surface area contributed by atoms with Gasteiger partial charge in [0.25, 0.3) is 0 Å². The van der Waals surface area contributed by atoms with Crippen molar-refractivity contribution in [2.45, 2.75) is 13.3 Å². The second-order valence-corrected chi connectivity index (χ2v) is 3.68. The molecule has 0 radical (unpaired) electrons. The average molecular weight is 186 g/mol. The third-order valence-electron chi connectivity index (χ3n) is 2.82. The van der Waals surface area contributed by atoms with Gasteiger partial charge in [-0.05, 0) is 24.8 Å². The van der Waals surface area contributed by atoms with Gasteiger partial charge in [-0.25, -0.2) is 4.79 Å². The fraction of sp³-hybridized carbons (Fsp3) is 0.889. The van der Waals surface area contributed by atoms with E-state index in [0.717, 1.165) is 26.1 Å². The minimum Gasteiger partial charge on any atom is -0.453 e. The number of hydrogen-bond acceptors (Lipinski definition) is 3. The molecule has 1 aliphatic rings. The van der Waals surface area contributed by atoms with Crippen molar-refractivity contribution in [3.8, 4) is 0 Å². The number of carbonyl (C=O) groups excluding carboxylic acids is 1. The minimum absolute atomic E-state index is 0.220. The number of amides is 1. The number of nitrogens with two attached hydrogens (primary N) is 1. The van der Waals surface area contributed by atoms with E-state index in [2.05, 4.69) is 11.7 Å². The number of nitrogens with zero attached hydrogens (tertiary/aromatic N) is 1. The number of carbonyl (C=O) groups is 1. The van der Waals surface area contributed by atoms with Gasteiger partial charge in [-0.1, -0.05) is 6.92 Å². The summed E-state index contributed by atoms with van der Waals surface area (Å²) in [6.07, 6.45) is 0.773. The molecule has 1 fully saturated rings. The Kier molecular flexibility index (Phi) is 3.54. The molecule has 0 aromatic carbocycles. The molecule has 1 heterocycles. The molecule has 4 nitrogen and oxygen atoms in total. The maximum absolute atomic E-state index is 11.2. The van der Waals surface area contributed by atoms with E-state index in [9.17, 15) is 4.79 Å². The van der Waals surface area contributed by atoms with Gasteiger partial charge in [-0.2, -0.15) is 0 Å². The molecule has 0 aliphatic carbocycles. The third-order valence-corrected chi connectivity index (χ3v) is 2.82. The summed E-state index contributed by atoms with van der Waals surface area (Å²) in [5, 5.41) is 0. The van der Waals surface area contributed by atoms with Crippen LogP contribution >= 0.6 is 0 Å². The summed E-state index contributed by atoms with van der Waals surface area (Å²) in [6.45, 7) is 4.40. The first-order chi connectivity index (χ1) is 6.19. The molecule has 1 aliphatic heterocycles. The molecule has 1 saturated heterocycles. The van der Waals surface area contributed by atoms with Crippen LogP contribution in [0.4, 0.5) is 4.79 Å². The highest BCUT2D eigenvalue weighted by molar-refractivity contribution is 5.67. The summed E-state index contributed by atoms with van der Waals surface area (Å²) in [6, 6.07) is 0. The lowest BCUT2D eigenvalue weighted by Gasteiger charge is -2.35. The van der Waals surface area contributed by atoms with E-state index in [4.69, 9.17) is 5.73 Å². The molecule has 13 heavy (non-hydrogen) atoms. The molecule has 0 spiro atoms. The van der Waals surface area contributed by atoms with Crippen LogP contribution in [0.5, 0.6) is 0 Å². The predicted octanol–water partition coefficient (Wildman–Crippen LogP) is 0.669. The lowest BCUT2D eigenvalue weighted by Crippen LogP contribution is -2.44. The number of ether oxygens (including phenoxy) is 1. The van der Waals surface area contributed by atoms with Gasteiger partial charge in [0, 0.05) is 13.1 Å². The molecule has 0 aromatic heterocycles. The SMILES string of the molecule is COC(=O)N1CCC(CN)C(C)C1. The van der Waals surface area contributed by atoms with Gasteiger partial charge >= 0.3 is 6.09 Å². The van der Waals surface area contributed by atoms with Crippen molar-refractivity contribution in [3.63, 3.8) is 0 Å². The van der Waals surface area contributed by atoms with Gasteiger partial charge in [-0.15, -0.1) is 0 Å². The van der Waals surface area contributed by atoms with Crippen LogP contribution in [0.1, 0.15) is 13.3 Å². The van der Waals surface area contributed by atoms with Crippen molar-refractivity contribution in [2.75, 3.05) is 26.7 Å². The fourth-order valence-electron chi connectivity index (χ4n) is 1.84. The van der Waals surface area contributed by atoms with Gasteiger partial charge in [0.15, 0.2) is 0 Å². The highest BCUT2D eigenvalue weighted by Crippen LogP contribution is 2.22. The summed E-state index contributed by atoms with van der Waals surface area (Å²) >= 11 is 0. The molecule has 76 valence electrons. The molecule has 0 aromatic rings. The van der Waals surface area contributed by atoms with E-state index >= 15 is 0 Å². The normalized spacial score (nSPS) is 28.7. The smallest absolute Gasteiger partial charge is 0.409 e. The van der Waals surface area contributed by atoms with Crippen molar-refractivity contribution in [1.82, 2.24) is 4.90 Å². The zero-order chi connectivity index (χ0) is 9.84. The van der Waals surface area contributed by atoms with Crippen molar-refractivity contribution in [1.29, 1.82) is 0 Å². The number of hydrogen-bond donors (Lipinski definition) is 1. The Bertz CT molecular complexity index is 184. The van der Waals surface area contributed by atoms with E-state index in [1.54, 1.807) is 4.90 Å². The molecule has 0 bridgehead atoms. The molecule has 1 amide bonds. The van der Waals surface area contributed by atoms with Crippen LogP contribution in [0, 0.1) is 11.8 Å². The summed E-state index contributed by atoms with van der Waals surface area (Å²) < 4.78 is 4.66. The Hall–Kier alpha value is -0.770. The zero-order valence-corrected chi connectivity index (χ0v) is 8.32. The average Bonchev–Trinajstić information content (AvgIpc) is 2.16. The first-order valence-electron chi connectivity index (χ1n) is 4.72. The van der Waals surface area contributed by atoms with Crippen LogP contribution in [0.25, 0.3) is 0 Å². The van der Waals surface area contributed by atoms with Gasteiger partial charge in [0.2, 0.25) is 0 Å². The van der Waals surface area contributed by atoms with Crippen molar-refractivity contribution in [3.05, 3.63) is 0 Å². The van der Waals surface area contributed by atoms with Crippen LogP contribution in [-0.2, 0) is 4.74 Å². The highest BCUT2D eigenvalue weighted by Gasteiger charge is 2.27. The largest absolute Gasteiger partial charge is 0.453 e. The van der Waals surface area contributed by atoms with Gasteiger partial charge in [0.1, 0.15) is 0 Å². The minimum atomic E-state index is -0.220. The van der Waals surface area contributed by atoms with Crippen LogP contribution in [-0.4, -0.2) is 37.7 Å². The summed E-state index contributed by atoms with van der Waals surface area (Å²) in [4.78, 5) is 12.9. The van der Waals surface area contributed by atoms with E-state index in [0.29, 0.717) is 11.8 Å². The molecule has 2 atom stereocenters. The first kappa shape index (κ1) is 10.3. The lowest BCUT2D eigenvalue weighted by molar-refractivity contribution is 0.0885. The van der Waals surface area contributed by atoms with Crippen molar-refractivity contribution in [2.24, 2.45) is 17.6 Å². The molecule has 1 rings (SSSR count). The van der Waals surface area contributed by atoms with E-state index in [-0.39, 0.29) is 6.09 Å². The van der Waals surface area contributed by atoms with Crippen LogP contribution in [0.3, 0.4) is 0 Å². The highest BCUT2D eigenvalue weighted by atomic mass is 16.5. The summed E-state index contributed by atoms with van der Waals surface area (Å²) in [5.41, 5.74) is 5.61. The van der Waals surface area contributed by atoms with E-state index in [1.807, 2.05) is 0 Å². The number of likely N-dealkylation sites (tertiary alicyclic amines) is 1. The Morgan fingerprint density at radius 2 is 2.38 bits per heavy atom. The summed E-state index contributed by atoms with van der Waals surface area (Å²) in [5.74, 6) is 1.04. The molecule has 2 unspecified atom stereocenters. The Morgan fingerprint density at radius 1 is 1.69 bits per heavy atom. The maximum Gasteiger partial charge on any atom is 0.409 e. The van der Waals surface area contributed by atoms with Gasteiger partial charge in [0.05, 0.1) is 7.11 Å². The second-order valence-electron chi connectivity index (χ2n) is 3.68. The molecular weight excluding hydrogens is 168 g/mol. The topological polar surface area (TPSA) is 55.6 Å². The van der Waals surface area contributed by atoms with E-state index in [1.165, 1.54) is 7.11 Å². The Labute approximate surface area is 79.0 Å². The standard InChI is InChI=1S/C9H18N2O2/c1-7-6-11(9(12)13-2)4-3-8(7)5-10/h7-8H,3-6,10H2,1-2H3. The Balaban J connectivity index is 2.45. The number of rotatable bonds is 1. The first-order valence-corrected chi connectivity index (χ1v) is 4.72. The number of piperidine rings is 1. The Morgan fingerprint density at radius 3 is 2.85 bits per heavy atom. The van der Waals surface area contributed by atoms with E-state index < -0.39 is 0 Å². The van der Waals surface area contributed by atoms with Crippen molar-refractivity contribution < 1.29 is 9.53 Å². The maximum atomic E-state index is 11.2. The second kappa shape index (κ2) is 4.46. The van der Waals surface area contributed by atoms with Crippen molar-refractivity contribution >= 4 is 6.09 Å². The molecule has 0 saturated carbocycles. The molecular formula is C9H18N2O2. The van der Waals surface area contributed by atoms with Crippen LogP contribution in [0.15, 0.2) is 0 Å². The molecule has 4 heteroatoms. The summed E-state index contributed by atoms with van der Waals surface area (Å²) in [7, 11) is 1.42.